The molecule has 4 rings (SSSR count). The first-order valence-corrected chi connectivity index (χ1v) is 14.5. The summed E-state index contributed by atoms with van der Waals surface area (Å²) in [6, 6.07) is 15.9. The zero-order valence-corrected chi connectivity index (χ0v) is 25.4. The Kier molecular flexibility index (Phi) is 9.89. The van der Waals surface area contributed by atoms with Crippen molar-refractivity contribution >= 4 is 16.9 Å². The van der Waals surface area contributed by atoms with Gasteiger partial charge in [0.05, 0.1) is 11.1 Å². The number of hydrogen-bond acceptors (Lipinski definition) is 1. The predicted octanol–water partition coefficient (Wildman–Crippen LogP) is 10.9. The second-order valence-electron chi connectivity index (χ2n) is 10.6. The van der Waals surface area contributed by atoms with E-state index in [9.17, 15) is 0 Å². The van der Waals surface area contributed by atoms with Crippen LogP contribution in [0.15, 0.2) is 169 Å². The van der Waals surface area contributed by atoms with E-state index in [-0.39, 0.29) is 0 Å². The van der Waals surface area contributed by atoms with Crippen LogP contribution in [-0.4, -0.2) is 5.71 Å². The molecule has 0 aliphatic heterocycles. The molecule has 0 saturated carbocycles. The van der Waals surface area contributed by atoms with Crippen molar-refractivity contribution in [2.75, 3.05) is 0 Å². The average Bonchev–Trinajstić information content (AvgIpc) is 3.15. The summed E-state index contributed by atoms with van der Waals surface area (Å²) >= 11 is 0. The van der Waals surface area contributed by atoms with Crippen LogP contribution in [0.5, 0.6) is 0 Å². The van der Waals surface area contributed by atoms with Crippen molar-refractivity contribution < 1.29 is 0 Å². The number of nitrogens with zero attached hydrogens (tertiary/aromatic N) is 1. The smallest absolute Gasteiger partial charge is 0.0710 e. The van der Waals surface area contributed by atoms with E-state index in [2.05, 4.69) is 130 Å². The molecule has 1 unspecified atom stereocenters. The molecule has 0 aromatic heterocycles. The van der Waals surface area contributed by atoms with Gasteiger partial charge in [-0.15, -0.1) is 0 Å². The Morgan fingerprint density at radius 1 is 0.976 bits per heavy atom. The summed E-state index contributed by atoms with van der Waals surface area (Å²) in [5.74, 6) is 0. The maximum atomic E-state index is 4.60. The van der Waals surface area contributed by atoms with E-state index in [4.69, 9.17) is 0 Å². The molecule has 42 heavy (non-hydrogen) atoms. The van der Waals surface area contributed by atoms with Gasteiger partial charge in [-0.05, 0) is 102 Å². The standard InChI is InChI=1S/C41H41N/c1-8-12-15-19-31(6)34-24-27-37-32(7)38(28-33(10-3)40(18-9-2)42-11-4)41(39(37)29-34,35-20-16-13-14-17-21-35)36-25-22-30(5)23-26-36/h8-13,15-29H,1,3-4,14H2,2,5-7H3/b15-12-,18-9-,31-19+,33-28+,42-40?. The van der Waals surface area contributed by atoms with Gasteiger partial charge in [0.25, 0.3) is 0 Å². The van der Waals surface area contributed by atoms with Crippen LogP contribution in [0, 0.1) is 6.92 Å². The van der Waals surface area contributed by atoms with Crippen molar-refractivity contribution in [2.24, 2.45) is 4.99 Å². The summed E-state index contributed by atoms with van der Waals surface area (Å²) in [5.41, 5.74) is 12.3. The van der Waals surface area contributed by atoms with Gasteiger partial charge in [0.15, 0.2) is 0 Å². The number of allylic oxidation sites excluding steroid dienone is 18. The molecule has 0 amide bonds. The van der Waals surface area contributed by atoms with Gasteiger partial charge in [-0.2, -0.15) is 0 Å². The molecule has 0 heterocycles. The summed E-state index contributed by atoms with van der Waals surface area (Å²) < 4.78 is 0. The first kappa shape index (κ1) is 30.2. The molecule has 1 atom stereocenters. The minimum atomic E-state index is -0.547. The lowest BCUT2D eigenvalue weighted by Gasteiger charge is -2.36. The molecule has 2 aromatic carbocycles. The maximum Gasteiger partial charge on any atom is 0.0710 e. The van der Waals surface area contributed by atoms with Gasteiger partial charge in [0, 0.05) is 6.20 Å². The Morgan fingerprint density at radius 3 is 2.45 bits per heavy atom. The van der Waals surface area contributed by atoms with Gasteiger partial charge in [0.1, 0.15) is 0 Å². The van der Waals surface area contributed by atoms with E-state index >= 15 is 0 Å². The summed E-state index contributed by atoms with van der Waals surface area (Å²) in [5, 5.41) is 0. The Bertz CT molecular complexity index is 1650. The molecule has 1 nitrogen and oxygen atoms in total. The van der Waals surface area contributed by atoms with Gasteiger partial charge in [-0.3, -0.25) is 4.99 Å². The lowest BCUT2D eigenvalue weighted by Crippen LogP contribution is -2.30. The first-order chi connectivity index (χ1) is 20.4. The summed E-state index contributed by atoms with van der Waals surface area (Å²) in [4.78, 5) is 4.60. The number of fused-ring (bicyclic) bond motifs is 1. The van der Waals surface area contributed by atoms with Crippen LogP contribution >= 0.6 is 0 Å². The van der Waals surface area contributed by atoms with E-state index in [0.29, 0.717) is 0 Å². The van der Waals surface area contributed by atoms with Crippen LogP contribution in [0.4, 0.5) is 0 Å². The van der Waals surface area contributed by atoms with Crippen LogP contribution in [0.1, 0.15) is 55.0 Å². The highest BCUT2D eigenvalue weighted by atomic mass is 14.7. The van der Waals surface area contributed by atoms with E-state index < -0.39 is 5.41 Å². The first-order valence-electron chi connectivity index (χ1n) is 14.5. The minimum absolute atomic E-state index is 0.547. The second kappa shape index (κ2) is 13.7. The van der Waals surface area contributed by atoms with Gasteiger partial charge in [-0.25, -0.2) is 0 Å². The van der Waals surface area contributed by atoms with Crippen molar-refractivity contribution in [1.29, 1.82) is 0 Å². The monoisotopic (exact) mass is 547 g/mol. The Morgan fingerprint density at radius 2 is 1.76 bits per heavy atom. The van der Waals surface area contributed by atoms with Crippen molar-refractivity contribution in [3.8, 4) is 0 Å². The predicted molar refractivity (Wildman–Crippen MR) is 186 cm³/mol. The lowest BCUT2D eigenvalue weighted by atomic mass is 9.65. The van der Waals surface area contributed by atoms with E-state index in [0.717, 1.165) is 17.7 Å². The van der Waals surface area contributed by atoms with Crippen molar-refractivity contribution in [3.63, 3.8) is 0 Å². The molecule has 2 aromatic rings. The molecule has 0 spiro atoms. The number of benzene rings is 2. The topological polar surface area (TPSA) is 12.4 Å². The number of rotatable bonds is 10. The zero-order chi connectivity index (χ0) is 30.1. The van der Waals surface area contributed by atoms with Crippen LogP contribution < -0.4 is 0 Å². The van der Waals surface area contributed by atoms with Crippen molar-refractivity contribution in [1.82, 2.24) is 0 Å². The fourth-order valence-corrected chi connectivity index (χ4v) is 5.87. The Hall–Kier alpha value is -4.75. The van der Waals surface area contributed by atoms with Crippen LogP contribution in [0.25, 0.3) is 11.1 Å². The van der Waals surface area contributed by atoms with Gasteiger partial charge >= 0.3 is 0 Å². The third-order valence-electron chi connectivity index (χ3n) is 7.95. The van der Waals surface area contributed by atoms with Gasteiger partial charge in [0.2, 0.25) is 0 Å². The number of aryl methyl sites for hydroxylation is 1. The number of hydrogen-bond donors (Lipinski definition) is 0. The quantitative estimate of drug-likeness (QED) is 0.207. The normalized spacial score (nSPS) is 19.3. The van der Waals surface area contributed by atoms with Crippen LogP contribution in [0.2, 0.25) is 0 Å². The summed E-state index contributed by atoms with van der Waals surface area (Å²) in [7, 11) is 0. The zero-order valence-electron chi connectivity index (χ0n) is 25.4. The van der Waals surface area contributed by atoms with Gasteiger partial charge < -0.3 is 0 Å². The average molecular weight is 548 g/mol. The van der Waals surface area contributed by atoms with Crippen molar-refractivity contribution in [2.45, 2.75) is 39.5 Å². The third-order valence-corrected chi connectivity index (χ3v) is 7.95. The highest BCUT2D eigenvalue weighted by Crippen LogP contribution is 2.56. The molecule has 0 fully saturated rings. The summed E-state index contributed by atoms with van der Waals surface area (Å²) in [6.45, 7) is 20.4. The highest BCUT2D eigenvalue weighted by molar-refractivity contribution is 6.11. The molecule has 210 valence electrons. The third kappa shape index (κ3) is 5.83. The van der Waals surface area contributed by atoms with E-state index in [1.54, 1.807) is 12.3 Å². The molecule has 0 saturated heterocycles. The SMILES string of the molecule is C=C/C=C\C=C(/C)c1ccc2c(c1)C(C1=CC=CCC=C1)(c1ccc(C)cc1)C(/C=C(\C=C)C(/C=C\C)=NC=C)=C2C. The fraction of sp³-hybridized carbons (Fsp3) is 0.146. The second-order valence-corrected chi connectivity index (χ2v) is 10.6. The maximum absolute atomic E-state index is 4.60. The Labute approximate surface area is 252 Å². The highest BCUT2D eigenvalue weighted by Gasteiger charge is 2.47. The molecule has 2 aliphatic rings. The molecule has 0 N–H and O–H groups in total. The minimum Gasteiger partial charge on any atom is -0.257 e. The molecule has 2 aliphatic carbocycles. The van der Waals surface area contributed by atoms with E-state index in [1.807, 2.05) is 37.3 Å². The summed E-state index contributed by atoms with van der Waals surface area (Å²) in [6.07, 6.45) is 29.9. The fourth-order valence-electron chi connectivity index (χ4n) is 5.87. The molecular weight excluding hydrogens is 506 g/mol. The largest absolute Gasteiger partial charge is 0.257 e. The lowest BCUT2D eigenvalue weighted by molar-refractivity contribution is 0.758. The molecule has 0 bridgehead atoms. The van der Waals surface area contributed by atoms with E-state index in [1.165, 1.54) is 50.1 Å². The molecule has 0 radical (unpaired) electrons. The number of aliphatic imine (C=N–C) groups is 1. The van der Waals surface area contributed by atoms with Gasteiger partial charge in [-0.1, -0.05) is 129 Å². The molecule has 1 heteroatoms. The van der Waals surface area contributed by atoms with Crippen LogP contribution in [-0.2, 0) is 5.41 Å². The molecular formula is C41H41N. The van der Waals surface area contributed by atoms with Crippen molar-refractivity contribution in [3.05, 3.63) is 192 Å². The Balaban J connectivity index is 2.15. The van der Waals surface area contributed by atoms with Crippen LogP contribution in [0.3, 0.4) is 0 Å².